The summed E-state index contributed by atoms with van der Waals surface area (Å²) in [6, 6.07) is 7.86. The maximum Gasteiger partial charge on any atom is 0.253 e. The largest absolute Gasteiger partial charge is 0.384 e. The molecule has 3 atom stereocenters. The van der Waals surface area contributed by atoms with Crippen LogP contribution in [0.4, 0.5) is 17.6 Å². The van der Waals surface area contributed by atoms with Crippen molar-refractivity contribution in [2.75, 3.05) is 6.54 Å². The molecule has 0 spiro atoms. The number of alkyl halides is 2. The molecule has 0 radical (unpaired) electrons. The number of nitrogens with zero attached hydrogens (tertiary/aromatic N) is 4. The highest BCUT2D eigenvalue weighted by atomic mass is 79.9. The quantitative estimate of drug-likeness (QED) is 0.302. The molecule has 0 saturated heterocycles. The van der Waals surface area contributed by atoms with Gasteiger partial charge in [0, 0.05) is 11.0 Å². The summed E-state index contributed by atoms with van der Waals surface area (Å²) in [6.07, 6.45) is -4.49. The van der Waals surface area contributed by atoms with Gasteiger partial charge in [0.05, 0.1) is 24.2 Å². The third-order valence-electron chi connectivity index (χ3n) is 6.14. The minimum Gasteiger partial charge on any atom is -0.384 e. The Morgan fingerprint density at radius 3 is 2.46 bits per heavy atom. The van der Waals surface area contributed by atoms with Gasteiger partial charge < -0.3 is 15.7 Å². The fourth-order valence-electron chi connectivity index (χ4n) is 4.28. The van der Waals surface area contributed by atoms with E-state index in [1.54, 1.807) is 0 Å². The summed E-state index contributed by atoms with van der Waals surface area (Å²) in [7, 11) is 0. The summed E-state index contributed by atoms with van der Waals surface area (Å²) in [5, 5.41) is 14.7. The van der Waals surface area contributed by atoms with Crippen LogP contribution in [-0.2, 0) is 11.3 Å². The SMILES string of the molecule is CC(O)C(=O)N(CCC(N)C(F)F)[C@@H](c1nc(-c2cc(F)ccc2F)nn1Cc1cccc(Br)c1)C(C)(C)C. The van der Waals surface area contributed by atoms with E-state index in [-0.39, 0.29) is 36.7 Å². The van der Waals surface area contributed by atoms with Gasteiger partial charge in [-0.2, -0.15) is 5.10 Å². The van der Waals surface area contributed by atoms with Crippen LogP contribution in [0, 0.1) is 17.0 Å². The Bertz CT molecular complexity index is 1300. The lowest BCUT2D eigenvalue weighted by atomic mass is 9.84. The molecule has 12 heteroatoms. The first-order valence-electron chi connectivity index (χ1n) is 12.4. The van der Waals surface area contributed by atoms with Gasteiger partial charge in [0.25, 0.3) is 12.3 Å². The summed E-state index contributed by atoms with van der Waals surface area (Å²) in [5.74, 6) is -2.04. The van der Waals surface area contributed by atoms with Crippen LogP contribution in [0.1, 0.15) is 51.5 Å². The van der Waals surface area contributed by atoms with Gasteiger partial charge in [-0.1, -0.05) is 48.8 Å². The maximum absolute atomic E-state index is 14.7. The summed E-state index contributed by atoms with van der Waals surface area (Å²) in [4.78, 5) is 19.1. The molecular formula is C27H32BrF4N5O2. The maximum atomic E-state index is 14.7. The molecule has 212 valence electrons. The third kappa shape index (κ3) is 7.64. The summed E-state index contributed by atoms with van der Waals surface area (Å²) >= 11 is 3.43. The van der Waals surface area contributed by atoms with Crippen molar-refractivity contribution in [3.05, 3.63) is 70.0 Å². The second-order valence-corrected chi connectivity index (χ2v) is 11.4. The van der Waals surface area contributed by atoms with Crippen molar-refractivity contribution in [2.24, 2.45) is 11.1 Å². The lowest BCUT2D eigenvalue weighted by Gasteiger charge is -2.40. The standard InChI is InChI=1S/C27H32BrF4N5O2/c1-15(38)26(39)36(11-10-21(33)23(31)32)22(27(2,3)4)25-34-24(19-13-18(29)8-9-20(19)30)35-37(25)14-16-6-5-7-17(28)12-16/h5-9,12-13,15,21-23,38H,10-11,14,33H2,1-4H3/t15?,21?,22-/m0/s1. The fraction of sp³-hybridized carbons (Fsp3) is 0.444. The highest BCUT2D eigenvalue weighted by Crippen LogP contribution is 2.39. The first-order chi connectivity index (χ1) is 18.2. The summed E-state index contributed by atoms with van der Waals surface area (Å²) in [6.45, 7) is 6.67. The Morgan fingerprint density at radius 1 is 1.18 bits per heavy atom. The number of benzene rings is 2. The lowest BCUT2D eigenvalue weighted by Crippen LogP contribution is -2.48. The molecule has 3 aromatic rings. The highest BCUT2D eigenvalue weighted by molar-refractivity contribution is 9.10. The molecule has 3 N–H and O–H groups in total. The third-order valence-corrected chi connectivity index (χ3v) is 6.63. The molecule has 1 aromatic heterocycles. The van der Waals surface area contributed by atoms with Crippen LogP contribution in [0.25, 0.3) is 11.4 Å². The van der Waals surface area contributed by atoms with Crippen LogP contribution in [0.5, 0.6) is 0 Å². The van der Waals surface area contributed by atoms with Crippen molar-refractivity contribution in [1.29, 1.82) is 0 Å². The van der Waals surface area contributed by atoms with E-state index >= 15 is 0 Å². The molecule has 0 saturated carbocycles. The van der Waals surface area contributed by atoms with E-state index in [1.165, 1.54) is 16.5 Å². The fourth-order valence-corrected chi connectivity index (χ4v) is 4.73. The van der Waals surface area contributed by atoms with Gasteiger partial charge in [-0.05, 0) is 54.7 Å². The molecule has 2 unspecified atom stereocenters. The molecule has 1 amide bonds. The van der Waals surface area contributed by atoms with Crippen LogP contribution >= 0.6 is 15.9 Å². The first-order valence-corrected chi connectivity index (χ1v) is 13.1. The number of aromatic nitrogens is 3. The van der Waals surface area contributed by atoms with E-state index in [2.05, 4.69) is 26.0 Å². The molecular weight excluding hydrogens is 582 g/mol. The smallest absolute Gasteiger partial charge is 0.253 e. The number of rotatable bonds is 10. The molecule has 0 aliphatic carbocycles. The van der Waals surface area contributed by atoms with Gasteiger partial charge in [0.2, 0.25) is 0 Å². The number of nitrogens with two attached hydrogens (primary N) is 1. The van der Waals surface area contributed by atoms with Gasteiger partial charge in [0.15, 0.2) is 11.6 Å². The van der Waals surface area contributed by atoms with Gasteiger partial charge >= 0.3 is 0 Å². The average molecular weight is 614 g/mol. The Balaban J connectivity index is 2.22. The number of carbonyl (C=O) groups is 1. The minimum absolute atomic E-state index is 0.111. The van der Waals surface area contributed by atoms with Crippen molar-refractivity contribution in [2.45, 2.75) is 65.3 Å². The number of aliphatic hydroxyl groups is 1. The predicted molar refractivity (Wildman–Crippen MR) is 143 cm³/mol. The van der Waals surface area contributed by atoms with Crippen LogP contribution in [-0.4, -0.2) is 55.8 Å². The zero-order valence-corrected chi connectivity index (χ0v) is 23.7. The summed E-state index contributed by atoms with van der Waals surface area (Å²) < 4.78 is 57.5. The van der Waals surface area contributed by atoms with Crippen molar-refractivity contribution < 1.29 is 27.5 Å². The molecule has 39 heavy (non-hydrogen) atoms. The number of halogens is 5. The second kappa shape index (κ2) is 12.6. The van der Waals surface area contributed by atoms with E-state index in [4.69, 9.17) is 5.73 Å². The first kappa shape index (κ1) is 30.7. The van der Waals surface area contributed by atoms with E-state index in [0.29, 0.717) is 0 Å². The molecule has 2 aromatic carbocycles. The zero-order valence-electron chi connectivity index (χ0n) is 22.1. The van der Waals surface area contributed by atoms with Crippen LogP contribution < -0.4 is 5.73 Å². The number of hydrogen-bond acceptors (Lipinski definition) is 5. The lowest BCUT2D eigenvalue weighted by molar-refractivity contribution is -0.145. The number of hydrogen-bond donors (Lipinski definition) is 2. The van der Waals surface area contributed by atoms with Gasteiger partial charge in [-0.15, -0.1) is 0 Å². The molecule has 0 aliphatic heterocycles. The molecule has 0 fully saturated rings. The Hall–Kier alpha value is -2.83. The van der Waals surface area contributed by atoms with E-state index in [9.17, 15) is 27.5 Å². The number of amides is 1. The zero-order chi connectivity index (χ0) is 29.1. The average Bonchev–Trinajstić information content (AvgIpc) is 3.23. The molecule has 3 rings (SSSR count). The van der Waals surface area contributed by atoms with Gasteiger partial charge in [0.1, 0.15) is 17.7 Å². The van der Waals surface area contributed by atoms with Crippen molar-refractivity contribution in [3.8, 4) is 11.4 Å². The molecule has 1 heterocycles. The number of aliphatic hydroxyl groups excluding tert-OH is 1. The van der Waals surface area contributed by atoms with Gasteiger partial charge in [-0.3, -0.25) is 4.79 Å². The predicted octanol–water partition coefficient (Wildman–Crippen LogP) is 5.31. The second-order valence-electron chi connectivity index (χ2n) is 10.5. The molecule has 0 aliphatic rings. The Kier molecular flexibility index (Phi) is 9.89. The van der Waals surface area contributed by atoms with Crippen LogP contribution in [0.2, 0.25) is 0 Å². The Morgan fingerprint density at radius 2 is 1.87 bits per heavy atom. The monoisotopic (exact) mass is 613 g/mol. The molecule has 7 nitrogen and oxygen atoms in total. The van der Waals surface area contributed by atoms with E-state index in [1.807, 2.05) is 45.0 Å². The van der Waals surface area contributed by atoms with Crippen molar-refractivity contribution in [3.63, 3.8) is 0 Å². The normalized spacial score (nSPS) is 14.4. The van der Waals surface area contributed by atoms with E-state index in [0.717, 1.165) is 28.2 Å². The molecule has 0 bridgehead atoms. The van der Waals surface area contributed by atoms with Gasteiger partial charge in [-0.25, -0.2) is 27.2 Å². The Labute approximate surface area is 233 Å². The van der Waals surface area contributed by atoms with Crippen LogP contribution in [0.3, 0.4) is 0 Å². The topological polar surface area (TPSA) is 97.3 Å². The van der Waals surface area contributed by atoms with E-state index < -0.39 is 47.6 Å². The highest BCUT2D eigenvalue weighted by Gasteiger charge is 2.40. The van der Waals surface area contributed by atoms with Crippen molar-refractivity contribution in [1.82, 2.24) is 19.7 Å². The van der Waals surface area contributed by atoms with Crippen molar-refractivity contribution >= 4 is 21.8 Å². The number of carbonyl (C=O) groups excluding carboxylic acids is 1. The minimum atomic E-state index is -2.80. The van der Waals surface area contributed by atoms with Crippen LogP contribution in [0.15, 0.2) is 46.9 Å². The summed E-state index contributed by atoms with van der Waals surface area (Å²) in [5.41, 5.74) is 5.43.